The van der Waals surface area contributed by atoms with Crippen molar-refractivity contribution in [1.82, 2.24) is 5.06 Å². The largest absolute Gasteiger partial charge is 0.368 e. The van der Waals surface area contributed by atoms with E-state index in [9.17, 15) is 4.79 Å². The van der Waals surface area contributed by atoms with E-state index in [2.05, 4.69) is 17.2 Å². The minimum absolute atomic E-state index is 0.00240. The maximum absolute atomic E-state index is 11.0. The molecule has 0 saturated carbocycles. The summed E-state index contributed by atoms with van der Waals surface area (Å²) in [4.78, 5) is 17.0. The molecule has 3 atom stereocenters. The van der Waals surface area contributed by atoms with Gasteiger partial charge in [0.25, 0.3) is 0 Å². The van der Waals surface area contributed by atoms with Gasteiger partial charge >= 0.3 is 0 Å². The zero-order valence-corrected chi connectivity index (χ0v) is 16.2. The molecule has 3 unspecified atom stereocenters. The van der Waals surface area contributed by atoms with Crippen molar-refractivity contribution in [3.63, 3.8) is 0 Å². The van der Waals surface area contributed by atoms with Gasteiger partial charge in [-0.3, -0.25) is 4.84 Å². The number of carbonyl (C=O) groups excluding carboxylic acids is 1. The van der Waals surface area contributed by atoms with E-state index in [1.807, 2.05) is 49.2 Å². The fourth-order valence-electron chi connectivity index (χ4n) is 2.40. The highest BCUT2D eigenvalue weighted by Gasteiger charge is 2.32. The first-order valence-corrected chi connectivity index (χ1v) is 8.54. The topological polar surface area (TPSA) is 117 Å². The van der Waals surface area contributed by atoms with Crippen molar-refractivity contribution in [2.75, 3.05) is 34.3 Å². The van der Waals surface area contributed by atoms with Crippen molar-refractivity contribution in [2.45, 2.75) is 38.5 Å². The van der Waals surface area contributed by atoms with Crippen molar-refractivity contribution in [2.24, 2.45) is 17.2 Å². The second-order valence-electron chi connectivity index (χ2n) is 4.75. The van der Waals surface area contributed by atoms with Gasteiger partial charge in [0.05, 0.1) is 12.6 Å². The summed E-state index contributed by atoms with van der Waals surface area (Å²) in [6, 6.07) is 10.1. The van der Waals surface area contributed by atoms with E-state index in [0.717, 1.165) is 18.3 Å². The predicted molar refractivity (Wildman–Crippen MR) is 103 cm³/mol. The van der Waals surface area contributed by atoms with Crippen LogP contribution in [0.2, 0.25) is 0 Å². The van der Waals surface area contributed by atoms with Gasteiger partial charge in [-0.05, 0) is 40.1 Å². The number of nitrogens with two attached hydrogens (primary N) is 3. The lowest BCUT2D eigenvalue weighted by molar-refractivity contribution is -0.263. The highest BCUT2D eigenvalue weighted by molar-refractivity contribution is 5.57. The summed E-state index contributed by atoms with van der Waals surface area (Å²) in [5.41, 5.74) is 14.6. The Bertz CT molecular complexity index is 407. The van der Waals surface area contributed by atoms with Crippen LogP contribution in [0.1, 0.15) is 31.9 Å². The number of ether oxygens (including phenoxy) is 1. The number of carbonyl (C=O) groups is 1. The first-order valence-electron chi connectivity index (χ1n) is 8.54. The van der Waals surface area contributed by atoms with Crippen LogP contribution in [-0.2, 0) is 14.4 Å². The molecule has 1 heterocycles. The molecule has 1 aliphatic rings. The van der Waals surface area contributed by atoms with Crippen LogP contribution in [0.25, 0.3) is 0 Å². The Morgan fingerprint density at radius 1 is 1.20 bits per heavy atom. The Morgan fingerprint density at radius 2 is 1.76 bits per heavy atom. The third-order valence-electron chi connectivity index (χ3n) is 3.49. The summed E-state index contributed by atoms with van der Waals surface area (Å²) in [6.07, 6.45) is 1.28. The van der Waals surface area contributed by atoms with Gasteiger partial charge in [0, 0.05) is 6.54 Å². The van der Waals surface area contributed by atoms with Crippen LogP contribution in [-0.4, -0.2) is 57.8 Å². The quantitative estimate of drug-likeness (QED) is 0.676. The standard InChI is InChI=1S/C15H21NO3.3CH5N/c1-3-14-15(11-17)18-10-9-16(14)19-12(2)13-7-5-4-6-8-13;3*1-2/h4-8,11-12,14-15H,3,9-10H2,1-2H3;3*2H2,1H3. The number of hydrogen-bond donors (Lipinski definition) is 3. The van der Waals surface area contributed by atoms with Gasteiger partial charge in [-0.15, -0.1) is 0 Å². The van der Waals surface area contributed by atoms with Crippen LogP contribution >= 0.6 is 0 Å². The molecule has 146 valence electrons. The molecule has 2 rings (SSSR count). The molecule has 6 N–H and O–H groups in total. The lowest BCUT2D eigenvalue weighted by Crippen LogP contribution is -2.51. The van der Waals surface area contributed by atoms with E-state index < -0.39 is 0 Å². The molecule has 0 amide bonds. The van der Waals surface area contributed by atoms with Crippen LogP contribution in [0, 0.1) is 0 Å². The van der Waals surface area contributed by atoms with E-state index in [0.29, 0.717) is 13.2 Å². The SMILES string of the molecule is CCC1C(C=O)OCCN1OC(C)c1ccccc1.CN.CN.CN. The lowest BCUT2D eigenvalue weighted by atomic mass is 10.1. The second kappa shape index (κ2) is 17.5. The van der Waals surface area contributed by atoms with Crippen LogP contribution in [0.5, 0.6) is 0 Å². The van der Waals surface area contributed by atoms with Crippen molar-refractivity contribution < 1.29 is 14.4 Å². The molecule has 0 aromatic heterocycles. The van der Waals surface area contributed by atoms with Gasteiger partial charge in [0.2, 0.25) is 0 Å². The van der Waals surface area contributed by atoms with Crippen LogP contribution in [0.4, 0.5) is 0 Å². The van der Waals surface area contributed by atoms with Gasteiger partial charge in [-0.2, -0.15) is 5.06 Å². The minimum atomic E-state index is -0.387. The highest BCUT2D eigenvalue weighted by Crippen LogP contribution is 2.23. The Labute approximate surface area is 152 Å². The number of morpholine rings is 1. The first-order chi connectivity index (χ1) is 12.3. The Morgan fingerprint density at radius 3 is 2.24 bits per heavy atom. The third kappa shape index (κ3) is 9.06. The summed E-state index contributed by atoms with van der Waals surface area (Å²) in [5, 5.41) is 1.90. The van der Waals surface area contributed by atoms with Crippen molar-refractivity contribution in [3.05, 3.63) is 35.9 Å². The van der Waals surface area contributed by atoms with Crippen LogP contribution in [0.15, 0.2) is 30.3 Å². The molecule has 0 radical (unpaired) electrons. The third-order valence-corrected chi connectivity index (χ3v) is 3.49. The molecular weight excluding hydrogens is 320 g/mol. The van der Waals surface area contributed by atoms with E-state index in [1.165, 1.54) is 21.1 Å². The molecular formula is C18H36N4O3. The summed E-state index contributed by atoms with van der Waals surface area (Å²) >= 11 is 0. The van der Waals surface area contributed by atoms with Crippen LogP contribution in [0.3, 0.4) is 0 Å². The summed E-state index contributed by atoms with van der Waals surface area (Å²) < 4.78 is 5.46. The molecule has 1 aliphatic heterocycles. The molecule has 0 aliphatic carbocycles. The fraction of sp³-hybridized carbons (Fsp3) is 0.611. The predicted octanol–water partition coefficient (Wildman–Crippen LogP) is 1.08. The van der Waals surface area contributed by atoms with Crippen molar-refractivity contribution >= 4 is 6.29 Å². The second-order valence-corrected chi connectivity index (χ2v) is 4.75. The van der Waals surface area contributed by atoms with E-state index in [4.69, 9.17) is 9.57 Å². The molecule has 1 aromatic rings. The lowest BCUT2D eigenvalue weighted by Gasteiger charge is -2.39. The maximum atomic E-state index is 11.0. The summed E-state index contributed by atoms with van der Waals surface area (Å²) in [7, 11) is 4.50. The number of rotatable bonds is 5. The normalized spacial score (nSPS) is 20.5. The Hall–Kier alpha value is -1.35. The maximum Gasteiger partial charge on any atom is 0.150 e. The van der Waals surface area contributed by atoms with E-state index in [-0.39, 0.29) is 18.2 Å². The molecule has 7 heteroatoms. The molecule has 1 fully saturated rings. The number of aldehydes is 1. The van der Waals surface area contributed by atoms with Gasteiger partial charge in [-0.1, -0.05) is 37.3 Å². The smallest absolute Gasteiger partial charge is 0.150 e. The van der Waals surface area contributed by atoms with Crippen LogP contribution < -0.4 is 17.2 Å². The number of hydroxylamine groups is 2. The molecule has 1 aromatic carbocycles. The van der Waals surface area contributed by atoms with E-state index >= 15 is 0 Å². The van der Waals surface area contributed by atoms with Gasteiger partial charge < -0.3 is 26.7 Å². The number of benzene rings is 1. The fourth-order valence-corrected chi connectivity index (χ4v) is 2.40. The first kappa shape index (κ1) is 25.9. The minimum Gasteiger partial charge on any atom is -0.368 e. The van der Waals surface area contributed by atoms with Gasteiger partial charge in [0.15, 0.2) is 0 Å². The summed E-state index contributed by atoms with van der Waals surface area (Å²) in [5.74, 6) is 0. The number of nitrogens with zero attached hydrogens (tertiary/aromatic N) is 1. The highest BCUT2D eigenvalue weighted by atomic mass is 16.7. The molecule has 0 bridgehead atoms. The molecule has 7 nitrogen and oxygen atoms in total. The Balaban J connectivity index is 0. The monoisotopic (exact) mass is 356 g/mol. The molecule has 0 spiro atoms. The average molecular weight is 357 g/mol. The van der Waals surface area contributed by atoms with Crippen molar-refractivity contribution in [3.8, 4) is 0 Å². The zero-order valence-electron chi connectivity index (χ0n) is 16.2. The average Bonchev–Trinajstić information content (AvgIpc) is 2.72. The zero-order chi connectivity index (χ0) is 19.7. The van der Waals surface area contributed by atoms with Gasteiger partial charge in [-0.25, -0.2) is 0 Å². The van der Waals surface area contributed by atoms with Gasteiger partial charge in [0.1, 0.15) is 18.5 Å². The summed E-state index contributed by atoms with van der Waals surface area (Å²) in [6.45, 7) is 5.29. The van der Waals surface area contributed by atoms with Crippen molar-refractivity contribution in [1.29, 1.82) is 0 Å². The molecule has 1 saturated heterocycles. The number of hydrogen-bond acceptors (Lipinski definition) is 7. The molecule has 25 heavy (non-hydrogen) atoms. The Kier molecular flexibility index (Phi) is 18.1. The van der Waals surface area contributed by atoms with E-state index in [1.54, 1.807) is 0 Å².